The van der Waals surface area contributed by atoms with E-state index in [0.717, 1.165) is 61.8 Å². The molecule has 0 aliphatic heterocycles. The fourth-order valence-corrected chi connectivity index (χ4v) is 6.19. The van der Waals surface area contributed by atoms with Crippen molar-refractivity contribution < 1.29 is 9.59 Å². The lowest BCUT2D eigenvalue weighted by atomic mass is 9.83. The van der Waals surface area contributed by atoms with Gasteiger partial charge >= 0.3 is 0 Å². The molecule has 0 spiro atoms. The van der Waals surface area contributed by atoms with Gasteiger partial charge in [-0.05, 0) is 98.4 Å². The SMILES string of the molecule is Cc1cnc(Nc2cccc(Cc3ccccc3)c2)c(C(=O)CCCC2CCC(NC(=O)c3cn4ccccc4n3)CC2)c1. The van der Waals surface area contributed by atoms with Gasteiger partial charge in [0.25, 0.3) is 5.91 Å². The minimum Gasteiger partial charge on any atom is -0.348 e. The lowest BCUT2D eigenvalue weighted by Gasteiger charge is -2.29. The van der Waals surface area contributed by atoms with Crippen LogP contribution in [0.2, 0.25) is 0 Å². The Hall–Kier alpha value is -4.78. The van der Waals surface area contributed by atoms with Crippen LogP contribution in [0.4, 0.5) is 11.5 Å². The van der Waals surface area contributed by atoms with E-state index in [0.29, 0.717) is 29.4 Å². The highest BCUT2D eigenvalue weighted by Crippen LogP contribution is 2.30. The van der Waals surface area contributed by atoms with Crippen molar-refractivity contribution in [2.45, 2.75) is 64.3 Å². The summed E-state index contributed by atoms with van der Waals surface area (Å²) >= 11 is 0. The van der Waals surface area contributed by atoms with Gasteiger partial charge in [0.15, 0.2) is 5.78 Å². The van der Waals surface area contributed by atoms with Gasteiger partial charge < -0.3 is 15.0 Å². The lowest BCUT2D eigenvalue weighted by molar-refractivity contribution is 0.0912. The quantitative estimate of drug-likeness (QED) is 0.155. The van der Waals surface area contributed by atoms with Crippen molar-refractivity contribution in [2.75, 3.05) is 5.32 Å². The number of hydrogen-bond donors (Lipinski definition) is 2. The summed E-state index contributed by atoms with van der Waals surface area (Å²) in [6, 6.07) is 26.6. The number of carbonyl (C=O) groups excluding carboxylic acids is 2. The highest BCUT2D eigenvalue weighted by molar-refractivity contribution is 6.01. The topological polar surface area (TPSA) is 88.4 Å². The second kappa shape index (κ2) is 13.7. The first kappa shape index (κ1) is 29.3. The zero-order chi connectivity index (χ0) is 30.3. The number of carbonyl (C=O) groups is 2. The van der Waals surface area contributed by atoms with E-state index in [1.54, 1.807) is 12.4 Å². The van der Waals surface area contributed by atoms with Gasteiger partial charge in [0.05, 0.1) is 5.56 Å². The summed E-state index contributed by atoms with van der Waals surface area (Å²) < 4.78 is 1.86. The highest BCUT2D eigenvalue weighted by atomic mass is 16.2. The number of amides is 1. The molecule has 44 heavy (non-hydrogen) atoms. The molecule has 7 nitrogen and oxygen atoms in total. The number of Topliss-reactive ketones (excluding diaryl/α,β-unsaturated/α-hetero) is 1. The van der Waals surface area contributed by atoms with E-state index in [2.05, 4.69) is 57.0 Å². The van der Waals surface area contributed by atoms with Crippen LogP contribution >= 0.6 is 0 Å². The van der Waals surface area contributed by atoms with Crippen LogP contribution in [0.1, 0.15) is 82.5 Å². The maximum absolute atomic E-state index is 13.4. The Balaban J connectivity index is 0.986. The van der Waals surface area contributed by atoms with Gasteiger partial charge in [0.1, 0.15) is 17.2 Å². The number of rotatable bonds is 11. The molecule has 6 rings (SSSR count). The minimum atomic E-state index is -0.109. The Kier molecular flexibility index (Phi) is 9.11. The summed E-state index contributed by atoms with van der Waals surface area (Å²) in [4.78, 5) is 35.2. The molecule has 3 aromatic heterocycles. The molecule has 1 aliphatic rings. The Morgan fingerprint density at radius 2 is 1.70 bits per heavy atom. The Bertz CT molecular complexity index is 1700. The number of aryl methyl sites for hydroxylation is 1. The molecule has 7 heteroatoms. The van der Waals surface area contributed by atoms with Gasteiger partial charge in [-0.25, -0.2) is 9.97 Å². The number of anilines is 2. The molecule has 2 N–H and O–H groups in total. The molecule has 5 aromatic rings. The molecule has 0 bridgehead atoms. The van der Waals surface area contributed by atoms with Crippen LogP contribution in [0.3, 0.4) is 0 Å². The Morgan fingerprint density at radius 3 is 2.52 bits per heavy atom. The van der Waals surface area contributed by atoms with E-state index >= 15 is 0 Å². The first-order valence-corrected chi connectivity index (χ1v) is 15.6. The van der Waals surface area contributed by atoms with Crippen LogP contribution in [0.5, 0.6) is 0 Å². The normalized spacial score (nSPS) is 16.5. The number of nitrogens with one attached hydrogen (secondary N) is 2. The summed E-state index contributed by atoms with van der Waals surface area (Å²) in [5, 5.41) is 6.59. The summed E-state index contributed by atoms with van der Waals surface area (Å²) in [7, 11) is 0. The van der Waals surface area contributed by atoms with Gasteiger partial charge in [-0.1, -0.05) is 55.0 Å². The Labute approximate surface area is 258 Å². The number of pyridine rings is 2. The second-order valence-corrected chi connectivity index (χ2v) is 12.0. The molecule has 2 aromatic carbocycles. The number of aromatic nitrogens is 3. The molecule has 0 atom stereocenters. The standard InChI is InChI=1S/C37H39N5O2/c1-26-21-32(36(38-24-26)39-31-13-7-12-29(23-31)22-28-9-3-2-4-10-28)34(43)14-8-11-27-16-18-30(19-17-27)40-37(44)33-25-42-20-6-5-15-35(42)41-33/h2-7,9-10,12-13,15,20-21,23-25,27,30H,8,11,14,16-19,22H2,1H3,(H,38,39)(H,40,44). The smallest absolute Gasteiger partial charge is 0.271 e. The van der Waals surface area contributed by atoms with E-state index in [4.69, 9.17) is 0 Å². The minimum absolute atomic E-state index is 0.109. The summed E-state index contributed by atoms with van der Waals surface area (Å²) in [6.45, 7) is 1.97. The fourth-order valence-electron chi connectivity index (χ4n) is 6.19. The third-order valence-electron chi connectivity index (χ3n) is 8.56. The number of nitrogens with zero attached hydrogens (tertiary/aromatic N) is 3. The van der Waals surface area contributed by atoms with Crippen LogP contribution < -0.4 is 10.6 Å². The van der Waals surface area contributed by atoms with E-state index < -0.39 is 0 Å². The molecule has 224 valence electrons. The van der Waals surface area contributed by atoms with Crippen LogP contribution in [-0.4, -0.2) is 32.1 Å². The van der Waals surface area contributed by atoms with E-state index in [-0.39, 0.29) is 17.7 Å². The molecule has 1 amide bonds. The number of imidazole rings is 1. The molecule has 3 heterocycles. The fraction of sp³-hybridized carbons (Fsp3) is 0.297. The summed E-state index contributed by atoms with van der Waals surface area (Å²) in [5.74, 6) is 1.20. The predicted octanol–water partition coefficient (Wildman–Crippen LogP) is 7.71. The number of ketones is 1. The van der Waals surface area contributed by atoms with Crippen molar-refractivity contribution in [3.05, 3.63) is 125 Å². The number of benzene rings is 2. The number of hydrogen-bond acceptors (Lipinski definition) is 5. The van der Waals surface area contributed by atoms with Gasteiger partial charge in [-0.3, -0.25) is 9.59 Å². The largest absolute Gasteiger partial charge is 0.348 e. The zero-order valence-electron chi connectivity index (χ0n) is 25.2. The molecule has 1 saturated carbocycles. The molecular weight excluding hydrogens is 546 g/mol. The molecular formula is C37H39N5O2. The van der Waals surface area contributed by atoms with Crippen LogP contribution in [-0.2, 0) is 6.42 Å². The van der Waals surface area contributed by atoms with Gasteiger partial charge in [0, 0.05) is 36.7 Å². The van der Waals surface area contributed by atoms with Crippen molar-refractivity contribution >= 4 is 28.8 Å². The van der Waals surface area contributed by atoms with Crippen LogP contribution in [0.25, 0.3) is 5.65 Å². The molecule has 0 radical (unpaired) electrons. The highest BCUT2D eigenvalue weighted by Gasteiger charge is 2.24. The van der Waals surface area contributed by atoms with Gasteiger partial charge in [0.2, 0.25) is 0 Å². The third kappa shape index (κ3) is 7.40. The average molecular weight is 586 g/mol. The number of fused-ring (bicyclic) bond motifs is 1. The first-order chi connectivity index (χ1) is 21.5. The van der Waals surface area contributed by atoms with Crippen molar-refractivity contribution in [1.29, 1.82) is 0 Å². The zero-order valence-corrected chi connectivity index (χ0v) is 25.2. The monoisotopic (exact) mass is 585 g/mol. The van der Waals surface area contributed by atoms with Crippen molar-refractivity contribution in [1.82, 2.24) is 19.7 Å². The van der Waals surface area contributed by atoms with Gasteiger partial charge in [-0.2, -0.15) is 0 Å². The summed E-state index contributed by atoms with van der Waals surface area (Å²) in [5.41, 5.74) is 6.23. The lowest BCUT2D eigenvalue weighted by Crippen LogP contribution is -2.37. The molecule has 1 aliphatic carbocycles. The predicted molar refractivity (Wildman–Crippen MR) is 175 cm³/mol. The third-order valence-corrected chi connectivity index (χ3v) is 8.56. The average Bonchev–Trinajstić information content (AvgIpc) is 3.48. The van der Waals surface area contributed by atoms with E-state index in [1.807, 2.05) is 60.0 Å². The van der Waals surface area contributed by atoms with E-state index in [9.17, 15) is 9.59 Å². The summed E-state index contributed by atoms with van der Waals surface area (Å²) in [6.07, 6.45) is 12.7. The van der Waals surface area contributed by atoms with Crippen LogP contribution in [0, 0.1) is 12.8 Å². The molecule has 0 unspecified atom stereocenters. The second-order valence-electron chi connectivity index (χ2n) is 12.0. The maximum Gasteiger partial charge on any atom is 0.271 e. The van der Waals surface area contributed by atoms with E-state index in [1.165, 1.54) is 11.1 Å². The van der Waals surface area contributed by atoms with Crippen molar-refractivity contribution in [3.63, 3.8) is 0 Å². The Morgan fingerprint density at radius 1 is 0.909 bits per heavy atom. The van der Waals surface area contributed by atoms with Crippen molar-refractivity contribution in [3.8, 4) is 0 Å². The first-order valence-electron chi connectivity index (χ1n) is 15.6. The molecule has 0 saturated heterocycles. The molecule has 1 fully saturated rings. The van der Waals surface area contributed by atoms with Crippen molar-refractivity contribution in [2.24, 2.45) is 5.92 Å². The van der Waals surface area contributed by atoms with Crippen LogP contribution in [0.15, 0.2) is 97.5 Å². The maximum atomic E-state index is 13.4. The van der Waals surface area contributed by atoms with Gasteiger partial charge in [-0.15, -0.1) is 0 Å².